The van der Waals surface area contributed by atoms with Crippen LogP contribution in [-0.4, -0.2) is 24.8 Å². The Hall–Kier alpha value is -0.130. The van der Waals surface area contributed by atoms with Crippen LogP contribution in [0.25, 0.3) is 0 Å². The van der Waals surface area contributed by atoms with Gasteiger partial charge in [0.15, 0.2) is 0 Å². The number of rotatable bonds is 7. The molecule has 0 radical (unpaired) electrons. The molecule has 0 amide bonds. The van der Waals surface area contributed by atoms with Gasteiger partial charge in [-0.2, -0.15) is 8.42 Å². The lowest BCUT2D eigenvalue weighted by Crippen LogP contribution is -2.32. The number of hydrogen-bond acceptors (Lipinski definition) is 3. The molecule has 0 bridgehead atoms. The van der Waals surface area contributed by atoms with Gasteiger partial charge >= 0.3 is 0 Å². The molecule has 14 heavy (non-hydrogen) atoms. The van der Waals surface area contributed by atoms with E-state index in [-0.39, 0.29) is 17.7 Å². The topological polar surface area (TPSA) is 80.4 Å². The molecule has 0 spiro atoms. The molecule has 0 rings (SSSR count). The van der Waals surface area contributed by atoms with Crippen molar-refractivity contribution in [2.24, 2.45) is 11.7 Å². The van der Waals surface area contributed by atoms with E-state index < -0.39 is 10.1 Å². The third-order valence-corrected chi connectivity index (χ3v) is 3.29. The van der Waals surface area contributed by atoms with Crippen LogP contribution in [0.1, 0.15) is 39.5 Å². The molecule has 0 aliphatic carbocycles. The first-order chi connectivity index (χ1) is 6.37. The minimum Gasteiger partial charge on any atom is -0.327 e. The second kappa shape index (κ2) is 6.37. The molecule has 0 saturated carbocycles. The van der Waals surface area contributed by atoms with E-state index in [1.807, 2.05) is 0 Å². The van der Waals surface area contributed by atoms with Crippen LogP contribution < -0.4 is 5.73 Å². The molecule has 3 N–H and O–H groups in total. The standard InChI is InChI=1S/C9H21NO3S/c1-3-4-5-6-9(10)8(2)7-14(11,12)13/h8-9H,3-7,10H2,1-2H3,(H,11,12,13). The van der Waals surface area contributed by atoms with Gasteiger partial charge in [-0.25, -0.2) is 0 Å². The fourth-order valence-corrected chi connectivity index (χ4v) is 2.28. The van der Waals surface area contributed by atoms with Crippen molar-refractivity contribution < 1.29 is 13.0 Å². The van der Waals surface area contributed by atoms with Gasteiger partial charge in [0.05, 0.1) is 5.75 Å². The zero-order valence-corrected chi connectivity index (χ0v) is 9.76. The SMILES string of the molecule is CCCCCC(N)C(C)CS(=O)(=O)O. The number of unbranched alkanes of at least 4 members (excludes halogenated alkanes) is 2. The summed E-state index contributed by atoms with van der Waals surface area (Å²) in [6.07, 6.45) is 4.09. The molecule has 0 heterocycles. The van der Waals surface area contributed by atoms with Crippen molar-refractivity contribution in [1.29, 1.82) is 0 Å². The van der Waals surface area contributed by atoms with Gasteiger partial charge in [0, 0.05) is 6.04 Å². The van der Waals surface area contributed by atoms with Crippen molar-refractivity contribution in [1.82, 2.24) is 0 Å². The quantitative estimate of drug-likeness (QED) is 0.505. The van der Waals surface area contributed by atoms with E-state index in [1.165, 1.54) is 0 Å². The molecule has 2 unspecified atom stereocenters. The van der Waals surface area contributed by atoms with E-state index in [9.17, 15) is 8.42 Å². The van der Waals surface area contributed by atoms with E-state index >= 15 is 0 Å². The maximum absolute atomic E-state index is 10.6. The fourth-order valence-electron chi connectivity index (χ4n) is 1.37. The molecule has 86 valence electrons. The summed E-state index contributed by atoms with van der Waals surface area (Å²) in [6.45, 7) is 3.86. The van der Waals surface area contributed by atoms with Crippen molar-refractivity contribution in [3.05, 3.63) is 0 Å². The van der Waals surface area contributed by atoms with Crippen LogP contribution in [0.3, 0.4) is 0 Å². The largest absolute Gasteiger partial charge is 0.327 e. The first-order valence-electron chi connectivity index (χ1n) is 5.07. The molecular weight excluding hydrogens is 202 g/mol. The summed E-state index contributed by atoms with van der Waals surface area (Å²) in [5.74, 6) is -0.415. The smallest absolute Gasteiger partial charge is 0.265 e. The Morgan fingerprint density at radius 3 is 2.36 bits per heavy atom. The second-order valence-corrected chi connectivity index (χ2v) is 5.38. The minimum absolute atomic E-state index is 0.136. The van der Waals surface area contributed by atoms with Crippen LogP contribution in [0, 0.1) is 5.92 Å². The molecular formula is C9H21NO3S. The predicted molar refractivity (Wildman–Crippen MR) is 57.7 cm³/mol. The molecule has 0 aliphatic rings. The Kier molecular flexibility index (Phi) is 6.31. The summed E-state index contributed by atoms with van der Waals surface area (Å²) in [4.78, 5) is 0. The van der Waals surface area contributed by atoms with Gasteiger partial charge in [0.25, 0.3) is 10.1 Å². The highest BCUT2D eigenvalue weighted by molar-refractivity contribution is 7.85. The monoisotopic (exact) mass is 223 g/mol. The van der Waals surface area contributed by atoms with Crippen LogP contribution in [0.4, 0.5) is 0 Å². The molecule has 0 aromatic rings. The van der Waals surface area contributed by atoms with Gasteiger partial charge in [-0.1, -0.05) is 33.1 Å². The average molecular weight is 223 g/mol. The molecule has 5 heteroatoms. The first kappa shape index (κ1) is 13.9. The lowest BCUT2D eigenvalue weighted by atomic mass is 9.99. The Labute approximate surface area is 86.6 Å². The Bertz CT molecular complexity index is 238. The summed E-state index contributed by atoms with van der Waals surface area (Å²) < 4.78 is 29.8. The van der Waals surface area contributed by atoms with Crippen LogP contribution >= 0.6 is 0 Å². The Morgan fingerprint density at radius 2 is 1.93 bits per heavy atom. The highest BCUT2D eigenvalue weighted by Gasteiger charge is 2.18. The summed E-state index contributed by atoms with van der Waals surface area (Å²) in [7, 11) is -3.88. The van der Waals surface area contributed by atoms with E-state index in [4.69, 9.17) is 10.3 Å². The van der Waals surface area contributed by atoms with E-state index in [0.717, 1.165) is 25.7 Å². The second-order valence-electron chi connectivity index (χ2n) is 3.89. The number of hydrogen-bond donors (Lipinski definition) is 2. The molecule has 4 nitrogen and oxygen atoms in total. The van der Waals surface area contributed by atoms with Gasteiger partial charge in [0.1, 0.15) is 0 Å². The Balaban J connectivity index is 3.82. The third kappa shape index (κ3) is 7.29. The number of nitrogens with two attached hydrogens (primary N) is 1. The third-order valence-electron chi connectivity index (χ3n) is 2.35. The molecule has 0 fully saturated rings. The van der Waals surface area contributed by atoms with Crippen LogP contribution in [0.15, 0.2) is 0 Å². The lowest BCUT2D eigenvalue weighted by Gasteiger charge is -2.18. The van der Waals surface area contributed by atoms with Crippen molar-refractivity contribution in [3.8, 4) is 0 Å². The highest BCUT2D eigenvalue weighted by Crippen LogP contribution is 2.11. The average Bonchev–Trinajstić information content (AvgIpc) is 2.01. The van der Waals surface area contributed by atoms with Crippen molar-refractivity contribution in [2.45, 2.75) is 45.6 Å². The lowest BCUT2D eigenvalue weighted by molar-refractivity contribution is 0.420. The predicted octanol–water partition coefficient (Wildman–Crippen LogP) is 1.42. The first-order valence-corrected chi connectivity index (χ1v) is 6.68. The molecule has 2 atom stereocenters. The molecule has 0 aromatic heterocycles. The van der Waals surface area contributed by atoms with Gasteiger partial charge < -0.3 is 5.73 Å². The van der Waals surface area contributed by atoms with Crippen LogP contribution in [0.5, 0.6) is 0 Å². The molecule has 0 aliphatic heterocycles. The van der Waals surface area contributed by atoms with E-state index in [2.05, 4.69) is 6.92 Å². The summed E-state index contributed by atoms with van der Waals surface area (Å²) >= 11 is 0. The zero-order chi connectivity index (χ0) is 11.2. The van der Waals surface area contributed by atoms with E-state index in [1.54, 1.807) is 6.92 Å². The van der Waals surface area contributed by atoms with Crippen LogP contribution in [0.2, 0.25) is 0 Å². The zero-order valence-electron chi connectivity index (χ0n) is 8.94. The minimum atomic E-state index is -3.88. The normalized spacial score (nSPS) is 16.6. The molecule has 0 aromatic carbocycles. The Morgan fingerprint density at radius 1 is 1.36 bits per heavy atom. The summed E-state index contributed by atoms with van der Waals surface area (Å²) in [6, 6.07) is -0.136. The summed E-state index contributed by atoms with van der Waals surface area (Å²) in [5, 5.41) is 0. The van der Waals surface area contributed by atoms with Crippen molar-refractivity contribution >= 4 is 10.1 Å². The highest BCUT2D eigenvalue weighted by atomic mass is 32.2. The maximum atomic E-state index is 10.6. The van der Waals surface area contributed by atoms with Crippen molar-refractivity contribution in [2.75, 3.05) is 5.75 Å². The van der Waals surface area contributed by atoms with Gasteiger partial charge in [0.2, 0.25) is 0 Å². The van der Waals surface area contributed by atoms with Gasteiger partial charge in [-0.3, -0.25) is 4.55 Å². The molecule has 0 saturated heterocycles. The van der Waals surface area contributed by atoms with Crippen LogP contribution in [-0.2, 0) is 10.1 Å². The maximum Gasteiger partial charge on any atom is 0.265 e. The summed E-state index contributed by atoms with van der Waals surface area (Å²) in [5.41, 5.74) is 5.79. The fraction of sp³-hybridized carbons (Fsp3) is 1.00. The van der Waals surface area contributed by atoms with E-state index in [0.29, 0.717) is 0 Å². The van der Waals surface area contributed by atoms with Gasteiger partial charge in [-0.15, -0.1) is 0 Å². The van der Waals surface area contributed by atoms with Gasteiger partial charge in [-0.05, 0) is 12.3 Å². The van der Waals surface area contributed by atoms with Crippen molar-refractivity contribution in [3.63, 3.8) is 0 Å².